The van der Waals surface area contributed by atoms with E-state index in [0.717, 1.165) is 18.5 Å². The fourth-order valence-corrected chi connectivity index (χ4v) is 3.27. The maximum absolute atomic E-state index is 12.1. The fraction of sp³-hybridized carbons (Fsp3) is 0.846. The van der Waals surface area contributed by atoms with Crippen molar-refractivity contribution in [2.75, 3.05) is 25.4 Å². The van der Waals surface area contributed by atoms with Crippen LogP contribution in [0.2, 0.25) is 0 Å². The van der Waals surface area contributed by atoms with Gasteiger partial charge in [-0.2, -0.15) is 4.31 Å². The summed E-state index contributed by atoms with van der Waals surface area (Å²) in [6, 6.07) is 0.456. The predicted octanol–water partition coefficient (Wildman–Crippen LogP) is 1.99. The van der Waals surface area contributed by atoms with Crippen molar-refractivity contribution in [3.8, 4) is 0 Å². The first kappa shape index (κ1) is 17.6. The van der Waals surface area contributed by atoms with Crippen molar-refractivity contribution in [2.45, 2.75) is 46.6 Å². The highest BCUT2D eigenvalue weighted by atomic mass is 32.2. The lowest BCUT2D eigenvalue weighted by molar-refractivity contribution is 0.450. The molecule has 0 aliphatic rings. The minimum Gasteiger partial charge on any atom is -0.315 e. The van der Waals surface area contributed by atoms with Gasteiger partial charge < -0.3 is 5.32 Å². The SMILES string of the molecule is C=C(C)CN(CC)S(=O)(=O)CCCCNC(C)C. The average Bonchev–Trinajstić information content (AvgIpc) is 2.24. The van der Waals surface area contributed by atoms with E-state index in [1.54, 1.807) is 0 Å². The maximum Gasteiger partial charge on any atom is 0.214 e. The third kappa shape index (κ3) is 7.84. The number of nitrogens with one attached hydrogen (secondary N) is 1. The summed E-state index contributed by atoms with van der Waals surface area (Å²) in [5.74, 6) is 0.230. The Bertz CT molecular complexity index is 337. The van der Waals surface area contributed by atoms with E-state index in [9.17, 15) is 8.42 Å². The smallest absolute Gasteiger partial charge is 0.214 e. The lowest BCUT2D eigenvalue weighted by Gasteiger charge is -2.20. The molecule has 1 N–H and O–H groups in total. The average molecular weight is 276 g/mol. The zero-order valence-electron chi connectivity index (χ0n) is 12.2. The van der Waals surface area contributed by atoms with Gasteiger partial charge in [0.05, 0.1) is 5.75 Å². The Balaban J connectivity index is 4.08. The molecule has 0 saturated heterocycles. The first-order chi connectivity index (χ1) is 8.29. The highest BCUT2D eigenvalue weighted by molar-refractivity contribution is 7.89. The number of sulfonamides is 1. The number of likely N-dealkylation sites (N-methyl/N-ethyl adjacent to an activating group) is 1. The van der Waals surface area contributed by atoms with Gasteiger partial charge in [0.25, 0.3) is 0 Å². The Morgan fingerprint density at radius 2 is 1.94 bits per heavy atom. The van der Waals surface area contributed by atoms with E-state index in [1.165, 1.54) is 4.31 Å². The van der Waals surface area contributed by atoms with Crippen molar-refractivity contribution < 1.29 is 8.42 Å². The molecule has 0 saturated carbocycles. The Labute approximate surface area is 112 Å². The molecular weight excluding hydrogens is 248 g/mol. The summed E-state index contributed by atoms with van der Waals surface area (Å²) in [4.78, 5) is 0. The molecule has 4 nitrogen and oxygen atoms in total. The molecule has 0 radical (unpaired) electrons. The second kappa shape index (κ2) is 8.67. The van der Waals surface area contributed by atoms with Gasteiger partial charge in [-0.3, -0.25) is 0 Å². The van der Waals surface area contributed by atoms with Gasteiger partial charge in [0.1, 0.15) is 0 Å². The Morgan fingerprint density at radius 3 is 2.39 bits per heavy atom. The molecule has 108 valence electrons. The Kier molecular flexibility index (Phi) is 8.48. The molecule has 5 heteroatoms. The Hall–Kier alpha value is -0.390. The van der Waals surface area contributed by atoms with Crippen molar-refractivity contribution in [2.24, 2.45) is 0 Å². The van der Waals surface area contributed by atoms with Crippen molar-refractivity contribution >= 4 is 10.0 Å². The number of rotatable bonds is 10. The standard InChI is InChI=1S/C13H28N2O2S/c1-6-15(11-12(2)3)18(16,17)10-8-7-9-14-13(4)5/h13-14H,2,6-11H2,1,3-5H3. The lowest BCUT2D eigenvalue weighted by atomic mass is 10.3. The minimum atomic E-state index is -3.12. The van der Waals surface area contributed by atoms with Crippen LogP contribution >= 0.6 is 0 Å². The number of hydrogen-bond donors (Lipinski definition) is 1. The van der Waals surface area contributed by atoms with E-state index < -0.39 is 10.0 Å². The summed E-state index contributed by atoms with van der Waals surface area (Å²) < 4.78 is 25.6. The quantitative estimate of drug-likeness (QED) is 0.490. The monoisotopic (exact) mass is 276 g/mol. The molecule has 18 heavy (non-hydrogen) atoms. The highest BCUT2D eigenvalue weighted by Crippen LogP contribution is 2.07. The molecule has 0 amide bonds. The second-order valence-corrected chi connectivity index (χ2v) is 7.10. The van der Waals surface area contributed by atoms with Gasteiger partial charge in [-0.25, -0.2) is 8.42 Å². The predicted molar refractivity (Wildman–Crippen MR) is 78.2 cm³/mol. The van der Waals surface area contributed by atoms with Crippen molar-refractivity contribution in [1.29, 1.82) is 0 Å². The topological polar surface area (TPSA) is 49.4 Å². The van der Waals surface area contributed by atoms with Crippen LogP contribution in [-0.2, 0) is 10.0 Å². The summed E-state index contributed by atoms with van der Waals surface area (Å²) in [7, 11) is -3.12. The normalized spacial score (nSPS) is 12.3. The van der Waals surface area contributed by atoms with Crippen LogP contribution in [0.5, 0.6) is 0 Å². The van der Waals surface area contributed by atoms with Crippen molar-refractivity contribution in [3.05, 3.63) is 12.2 Å². The third-order valence-corrected chi connectivity index (χ3v) is 4.55. The van der Waals surface area contributed by atoms with E-state index in [-0.39, 0.29) is 5.75 Å². The van der Waals surface area contributed by atoms with Gasteiger partial charge in [-0.1, -0.05) is 32.9 Å². The number of nitrogens with zero attached hydrogens (tertiary/aromatic N) is 1. The molecule has 0 bridgehead atoms. The molecule has 0 aromatic carbocycles. The summed E-state index contributed by atoms with van der Waals surface area (Å²) in [5.41, 5.74) is 0.877. The molecule has 0 aliphatic carbocycles. The second-order valence-electron chi connectivity index (χ2n) is 5.02. The summed E-state index contributed by atoms with van der Waals surface area (Å²) in [6.07, 6.45) is 1.59. The maximum atomic E-state index is 12.1. The molecule has 0 spiro atoms. The molecule has 0 atom stereocenters. The van der Waals surface area contributed by atoms with Crippen LogP contribution in [-0.4, -0.2) is 44.2 Å². The van der Waals surface area contributed by atoms with Crippen molar-refractivity contribution in [1.82, 2.24) is 9.62 Å². The molecule has 0 unspecified atom stereocenters. The first-order valence-corrected chi connectivity index (χ1v) is 8.26. The molecule has 0 heterocycles. The molecule has 0 aromatic heterocycles. The Morgan fingerprint density at radius 1 is 1.33 bits per heavy atom. The van der Waals surface area contributed by atoms with Crippen LogP contribution in [0, 0.1) is 0 Å². The van der Waals surface area contributed by atoms with Gasteiger partial charge in [0, 0.05) is 19.1 Å². The van der Waals surface area contributed by atoms with E-state index in [4.69, 9.17) is 0 Å². The van der Waals surface area contributed by atoms with Crippen LogP contribution in [0.3, 0.4) is 0 Å². The van der Waals surface area contributed by atoms with Crippen LogP contribution < -0.4 is 5.32 Å². The van der Waals surface area contributed by atoms with Crippen LogP contribution in [0.1, 0.15) is 40.5 Å². The van der Waals surface area contributed by atoms with Gasteiger partial charge in [0.15, 0.2) is 0 Å². The molecule has 0 aliphatic heterocycles. The zero-order valence-corrected chi connectivity index (χ0v) is 13.0. The van der Waals surface area contributed by atoms with E-state index >= 15 is 0 Å². The lowest BCUT2D eigenvalue weighted by Crippen LogP contribution is -2.34. The molecule has 0 fully saturated rings. The van der Waals surface area contributed by atoms with Crippen LogP contribution in [0.25, 0.3) is 0 Å². The highest BCUT2D eigenvalue weighted by Gasteiger charge is 2.19. The van der Waals surface area contributed by atoms with E-state index in [2.05, 4.69) is 25.7 Å². The van der Waals surface area contributed by atoms with Gasteiger partial charge in [0.2, 0.25) is 10.0 Å². The summed E-state index contributed by atoms with van der Waals surface area (Å²) >= 11 is 0. The molecule has 0 aromatic rings. The summed E-state index contributed by atoms with van der Waals surface area (Å²) in [5, 5.41) is 3.28. The van der Waals surface area contributed by atoms with Gasteiger partial charge in [-0.05, 0) is 26.3 Å². The minimum absolute atomic E-state index is 0.230. The largest absolute Gasteiger partial charge is 0.315 e. The molecule has 0 rings (SSSR count). The zero-order chi connectivity index (χ0) is 14.2. The molecular formula is C13H28N2O2S. The van der Waals surface area contributed by atoms with E-state index in [0.29, 0.717) is 25.6 Å². The number of hydrogen-bond acceptors (Lipinski definition) is 3. The van der Waals surface area contributed by atoms with Crippen LogP contribution in [0.4, 0.5) is 0 Å². The van der Waals surface area contributed by atoms with Crippen molar-refractivity contribution in [3.63, 3.8) is 0 Å². The van der Waals surface area contributed by atoms with E-state index in [1.807, 2.05) is 13.8 Å². The number of unbranched alkanes of at least 4 members (excludes halogenated alkanes) is 1. The fourth-order valence-electron chi connectivity index (χ4n) is 1.64. The first-order valence-electron chi connectivity index (χ1n) is 6.65. The van der Waals surface area contributed by atoms with Gasteiger partial charge in [-0.15, -0.1) is 0 Å². The van der Waals surface area contributed by atoms with Gasteiger partial charge >= 0.3 is 0 Å². The third-order valence-electron chi connectivity index (χ3n) is 2.57. The van der Waals surface area contributed by atoms with Crippen LogP contribution in [0.15, 0.2) is 12.2 Å². The summed E-state index contributed by atoms with van der Waals surface area (Å²) in [6.45, 7) is 13.5.